The quantitative estimate of drug-likeness (QED) is 0.720. The Balaban J connectivity index is 1.53. The summed E-state index contributed by atoms with van der Waals surface area (Å²) in [4.78, 5) is 31.3. The molecule has 0 aromatic carbocycles. The molecule has 1 unspecified atom stereocenters. The standard InChI is InChI=1S/C18H28N4O4/c1-25-11-9-20-5-7-21(8-6-20)17(23)12-16-18(24)19-3-4-22(16)13-15-2-10-26-14-15/h2,10,14,16H,3-9,11-13H2,1H3,(H,19,24). The van der Waals surface area contributed by atoms with Crippen molar-refractivity contribution in [3.05, 3.63) is 24.2 Å². The summed E-state index contributed by atoms with van der Waals surface area (Å²) in [7, 11) is 1.70. The summed E-state index contributed by atoms with van der Waals surface area (Å²) in [5.41, 5.74) is 1.02. The van der Waals surface area contributed by atoms with Gasteiger partial charge in [-0.25, -0.2) is 0 Å². The zero-order valence-corrected chi connectivity index (χ0v) is 15.4. The van der Waals surface area contributed by atoms with Crippen LogP contribution in [0, 0.1) is 0 Å². The van der Waals surface area contributed by atoms with Gasteiger partial charge in [0, 0.05) is 65.0 Å². The topological polar surface area (TPSA) is 78.3 Å². The summed E-state index contributed by atoms with van der Waals surface area (Å²) in [5.74, 6) is -0.0116. The highest BCUT2D eigenvalue weighted by Gasteiger charge is 2.33. The molecule has 2 fully saturated rings. The Morgan fingerprint density at radius 3 is 2.81 bits per heavy atom. The monoisotopic (exact) mass is 364 g/mol. The van der Waals surface area contributed by atoms with Crippen molar-refractivity contribution in [2.75, 3.05) is 59.5 Å². The number of carbonyl (C=O) groups excluding carboxylic acids is 2. The van der Waals surface area contributed by atoms with Gasteiger partial charge in [-0.3, -0.25) is 19.4 Å². The molecule has 1 N–H and O–H groups in total. The van der Waals surface area contributed by atoms with Gasteiger partial charge in [0.1, 0.15) is 0 Å². The van der Waals surface area contributed by atoms with Crippen molar-refractivity contribution in [1.29, 1.82) is 0 Å². The van der Waals surface area contributed by atoms with Gasteiger partial charge < -0.3 is 19.4 Å². The average molecular weight is 364 g/mol. The van der Waals surface area contributed by atoms with Crippen LogP contribution in [-0.2, 0) is 20.9 Å². The first-order valence-electron chi connectivity index (χ1n) is 9.19. The molecule has 3 rings (SSSR count). The summed E-state index contributed by atoms with van der Waals surface area (Å²) in [6, 6.07) is 1.47. The molecule has 26 heavy (non-hydrogen) atoms. The molecular weight excluding hydrogens is 336 g/mol. The lowest BCUT2D eigenvalue weighted by Crippen LogP contribution is -2.57. The Hall–Kier alpha value is -1.90. The van der Waals surface area contributed by atoms with Gasteiger partial charge in [0.2, 0.25) is 11.8 Å². The Morgan fingerprint density at radius 2 is 2.12 bits per heavy atom. The fourth-order valence-corrected chi connectivity index (χ4v) is 3.53. The molecule has 1 atom stereocenters. The van der Waals surface area contributed by atoms with Gasteiger partial charge in [-0.05, 0) is 6.07 Å². The minimum absolute atomic E-state index is 0.0515. The summed E-state index contributed by atoms with van der Waals surface area (Å²) in [5, 5.41) is 2.88. The van der Waals surface area contributed by atoms with Crippen LogP contribution < -0.4 is 5.32 Å². The van der Waals surface area contributed by atoms with E-state index in [2.05, 4.69) is 15.1 Å². The number of furan rings is 1. The third kappa shape index (κ3) is 4.84. The maximum atomic E-state index is 12.7. The predicted octanol–water partition coefficient (Wildman–Crippen LogP) is -0.239. The van der Waals surface area contributed by atoms with Crippen LogP contribution in [0.5, 0.6) is 0 Å². The Labute approximate surface area is 154 Å². The molecule has 3 heterocycles. The van der Waals surface area contributed by atoms with Crippen molar-refractivity contribution in [2.45, 2.75) is 19.0 Å². The number of nitrogens with one attached hydrogen (secondary N) is 1. The SMILES string of the molecule is COCCN1CCN(C(=O)CC2C(=O)NCCN2Cc2ccoc2)CC1. The average Bonchev–Trinajstić information content (AvgIpc) is 3.16. The van der Waals surface area contributed by atoms with Gasteiger partial charge >= 0.3 is 0 Å². The smallest absolute Gasteiger partial charge is 0.237 e. The van der Waals surface area contributed by atoms with Crippen molar-refractivity contribution in [1.82, 2.24) is 20.0 Å². The third-order valence-corrected chi connectivity index (χ3v) is 5.11. The van der Waals surface area contributed by atoms with E-state index in [0.717, 1.165) is 31.7 Å². The van der Waals surface area contributed by atoms with Crippen molar-refractivity contribution in [3.63, 3.8) is 0 Å². The summed E-state index contributed by atoms with van der Waals surface area (Å²) >= 11 is 0. The molecule has 8 heteroatoms. The van der Waals surface area contributed by atoms with Gasteiger partial charge in [0.25, 0.3) is 0 Å². The molecule has 0 saturated carbocycles. The molecule has 1 aromatic heterocycles. The van der Waals surface area contributed by atoms with Crippen LogP contribution >= 0.6 is 0 Å². The highest BCUT2D eigenvalue weighted by atomic mass is 16.5. The molecule has 144 valence electrons. The number of nitrogens with zero attached hydrogens (tertiary/aromatic N) is 3. The van der Waals surface area contributed by atoms with E-state index < -0.39 is 6.04 Å². The second-order valence-electron chi connectivity index (χ2n) is 6.83. The number of rotatable bonds is 7. The van der Waals surface area contributed by atoms with Crippen molar-refractivity contribution >= 4 is 11.8 Å². The van der Waals surface area contributed by atoms with E-state index in [4.69, 9.17) is 9.15 Å². The van der Waals surface area contributed by atoms with Crippen LogP contribution in [0.15, 0.2) is 23.0 Å². The molecule has 2 aliphatic heterocycles. The van der Waals surface area contributed by atoms with Crippen LogP contribution in [0.25, 0.3) is 0 Å². The molecule has 2 aliphatic rings. The maximum absolute atomic E-state index is 12.7. The van der Waals surface area contributed by atoms with Crippen molar-refractivity contribution in [3.8, 4) is 0 Å². The van der Waals surface area contributed by atoms with E-state index in [1.54, 1.807) is 19.6 Å². The molecule has 0 aliphatic carbocycles. The van der Waals surface area contributed by atoms with E-state index in [1.807, 2.05) is 11.0 Å². The van der Waals surface area contributed by atoms with E-state index >= 15 is 0 Å². The lowest BCUT2D eigenvalue weighted by molar-refractivity contribution is -0.140. The number of hydrogen-bond donors (Lipinski definition) is 1. The zero-order chi connectivity index (χ0) is 18.4. The first-order valence-corrected chi connectivity index (χ1v) is 9.19. The maximum Gasteiger partial charge on any atom is 0.237 e. The van der Waals surface area contributed by atoms with Crippen LogP contribution in [0.1, 0.15) is 12.0 Å². The molecule has 0 bridgehead atoms. The van der Waals surface area contributed by atoms with Crippen LogP contribution in [0.4, 0.5) is 0 Å². The minimum atomic E-state index is -0.419. The second-order valence-corrected chi connectivity index (χ2v) is 6.83. The normalized spacial score (nSPS) is 22.4. The van der Waals surface area contributed by atoms with Crippen molar-refractivity contribution in [2.24, 2.45) is 0 Å². The zero-order valence-electron chi connectivity index (χ0n) is 15.4. The third-order valence-electron chi connectivity index (χ3n) is 5.11. The Kier molecular flexibility index (Phi) is 6.65. The number of methoxy groups -OCH3 is 1. The first-order chi connectivity index (χ1) is 12.7. The fraction of sp³-hybridized carbons (Fsp3) is 0.667. The van der Waals surface area contributed by atoms with Crippen LogP contribution in [0.2, 0.25) is 0 Å². The molecule has 2 saturated heterocycles. The summed E-state index contributed by atoms with van der Waals surface area (Å²) in [6.45, 7) is 6.68. The summed E-state index contributed by atoms with van der Waals surface area (Å²) < 4.78 is 10.2. The number of hydrogen-bond acceptors (Lipinski definition) is 6. The molecule has 0 spiro atoms. The van der Waals surface area contributed by atoms with E-state index in [0.29, 0.717) is 32.8 Å². The predicted molar refractivity (Wildman–Crippen MR) is 95.4 cm³/mol. The van der Waals surface area contributed by atoms with E-state index in [9.17, 15) is 9.59 Å². The largest absolute Gasteiger partial charge is 0.472 e. The number of carbonyl (C=O) groups is 2. The lowest BCUT2D eigenvalue weighted by Gasteiger charge is -2.38. The Bertz CT molecular complexity index is 584. The highest BCUT2D eigenvalue weighted by molar-refractivity contribution is 5.88. The van der Waals surface area contributed by atoms with Gasteiger partial charge in [0.15, 0.2) is 0 Å². The minimum Gasteiger partial charge on any atom is -0.472 e. The van der Waals surface area contributed by atoms with E-state index in [-0.39, 0.29) is 18.2 Å². The highest BCUT2D eigenvalue weighted by Crippen LogP contribution is 2.16. The van der Waals surface area contributed by atoms with Crippen molar-refractivity contribution < 1.29 is 18.7 Å². The number of ether oxygens (including phenoxy) is 1. The molecule has 1 aromatic rings. The lowest BCUT2D eigenvalue weighted by atomic mass is 10.1. The van der Waals surface area contributed by atoms with Crippen LogP contribution in [-0.4, -0.2) is 92.1 Å². The second kappa shape index (κ2) is 9.16. The Morgan fingerprint density at radius 1 is 1.31 bits per heavy atom. The van der Waals surface area contributed by atoms with Gasteiger partial charge in [-0.15, -0.1) is 0 Å². The van der Waals surface area contributed by atoms with Crippen LogP contribution in [0.3, 0.4) is 0 Å². The van der Waals surface area contributed by atoms with Gasteiger partial charge in [-0.2, -0.15) is 0 Å². The molecular formula is C18H28N4O4. The van der Waals surface area contributed by atoms with Gasteiger partial charge in [0.05, 0.1) is 31.6 Å². The molecule has 2 amide bonds. The molecule has 8 nitrogen and oxygen atoms in total. The van der Waals surface area contributed by atoms with E-state index in [1.165, 1.54) is 0 Å². The molecule has 0 radical (unpaired) electrons. The number of amides is 2. The first kappa shape index (κ1) is 18.9. The fourth-order valence-electron chi connectivity index (χ4n) is 3.53. The number of piperazine rings is 2. The summed E-state index contributed by atoms with van der Waals surface area (Å²) in [6.07, 6.45) is 3.54. The van der Waals surface area contributed by atoms with Gasteiger partial charge in [-0.1, -0.05) is 0 Å².